The van der Waals surface area contributed by atoms with Gasteiger partial charge in [-0.2, -0.15) is 0 Å². The number of hydrogen-bond donors (Lipinski definition) is 1. The standard InChI is InChI=1S/C29H28N2O4/c1-4-31(25-13-9-11-21-10-5-6-12-24(21)25)29(33)22-16-18-23(19-17-22)30-28(32)20(2)35-27-15-8-7-14-26(27)34-3/h5-20H,4H2,1-3H3,(H,30,32). The summed E-state index contributed by atoms with van der Waals surface area (Å²) in [4.78, 5) is 27.7. The second kappa shape index (κ2) is 10.7. The van der Waals surface area contributed by atoms with E-state index in [1.807, 2.05) is 61.5 Å². The van der Waals surface area contributed by atoms with Gasteiger partial charge in [0.25, 0.3) is 11.8 Å². The Labute approximate surface area is 205 Å². The molecule has 0 saturated heterocycles. The number of carbonyl (C=O) groups excluding carboxylic acids is 2. The van der Waals surface area contributed by atoms with Crippen LogP contribution < -0.4 is 19.7 Å². The van der Waals surface area contributed by atoms with Gasteiger partial charge in [0.2, 0.25) is 0 Å². The molecule has 0 bridgehead atoms. The Balaban J connectivity index is 1.46. The predicted octanol–water partition coefficient (Wildman–Crippen LogP) is 5.92. The zero-order chi connectivity index (χ0) is 24.8. The van der Waals surface area contributed by atoms with Gasteiger partial charge in [-0.1, -0.05) is 48.5 Å². The Morgan fingerprint density at radius 2 is 1.51 bits per heavy atom. The molecule has 1 atom stereocenters. The van der Waals surface area contributed by atoms with E-state index in [0.29, 0.717) is 29.3 Å². The molecule has 4 aromatic rings. The van der Waals surface area contributed by atoms with Crippen LogP contribution in [0.5, 0.6) is 11.5 Å². The number of nitrogens with zero attached hydrogens (tertiary/aromatic N) is 1. The Hall–Kier alpha value is -4.32. The van der Waals surface area contributed by atoms with Gasteiger partial charge in [0.05, 0.1) is 12.8 Å². The summed E-state index contributed by atoms with van der Waals surface area (Å²) in [5.74, 6) is 0.643. The van der Waals surface area contributed by atoms with E-state index in [0.717, 1.165) is 16.5 Å². The molecule has 6 nitrogen and oxygen atoms in total. The van der Waals surface area contributed by atoms with Crippen molar-refractivity contribution in [3.8, 4) is 11.5 Å². The molecule has 178 valence electrons. The minimum absolute atomic E-state index is 0.102. The molecule has 0 radical (unpaired) electrons. The van der Waals surface area contributed by atoms with Gasteiger partial charge in [-0.25, -0.2) is 0 Å². The topological polar surface area (TPSA) is 67.9 Å². The minimum Gasteiger partial charge on any atom is -0.493 e. The number of hydrogen-bond acceptors (Lipinski definition) is 4. The van der Waals surface area contributed by atoms with E-state index in [1.54, 1.807) is 55.3 Å². The van der Waals surface area contributed by atoms with Crippen molar-refractivity contribution in [2.75, 3.05) is 23.9 Å². The summed E-state index contributed by atoms with van der Waals surface area (Å²) >= 11 is 0. The zero-order valence-corrected chi connectivity index (χ0v) is 20.0. The van der Waals surface area contributed by atoms with Crippen molar-refractivity contribution in [1.82, 2.24) is 0 Å². The van der Waals surface area contributed by atoms with Crippen LogP contribution in [0.2, 0.25) is 0 Å². The van der Waals surface area contributed by atoms with E-state index in [9.17, 15) is 9.59 Å². The van der Waals surface area contributed by atoms with Crippen LogP contribution in [0.4, 0.5) is 11.4 Å². The molecule has 1 unspecified atom stereocenters. The molecule has 0 aromatic heterocycles. The lowest BCUT2D eigenvalue weighted by atomic mass is 10.1. The summed E-state index contributed by atoms with van der Waals surface area (Å²) in [5.41, 5.74) is 1.99. The third kappa shape index (κ3) is 5.27. The molecular formula is C29H28N2O4. The third-order valence-corrected chi connectivity index (χ3v) is 5.76. The number of para-hydroxylation sites is 2. The minimum atomic E-state index is -0.741. The first-order valence-electron chi connectivity index (χ1n) is 11.5. The summed E-state index contributed by atoms with van der Waals surface area (Å²) in [6.07, 6.45) is -0.741. The fourth-order valence-electron chi connectivity index (χ4n) is 3.92. The summed E-state index contributed by atoms with van der Waals surface area (Å²) in [6.45, 7) is 4.16. The van der Waals surface area contributed by atoms with Gasteiger partial charge in [-0.3, -0.25) is 9.59 Å². The Bertz CT molecular complexity index is 1330. The normalized spacial score (nSPS) is 11.5. The monoisotopic (exact) mass is 468 g/mol. The lowest BCUT2D eigenvalue weighted by Crippen LogP contribution is -2.31. The van der Waals surface area contributed by atoms with Gasteiger partial charge in [-0.05, 0) is 61.7 Å². The number of rotatable bonds is 8. The summed E-state index contributed by atoms with van der Waals surface area (Å²) < 4.78 is 11.0. The van der Waals surface area contributed by atoms with E-state index < -0.39 is 6.10 Å². The fourth-order valence-corrected chi connectivity index (χ4v) is 3.92. The molecule has 35 heavy (non-hydrogen) atoms. The summed E-state index contributed by atoms with van der Waals surface area (Å²) in [7, 11) is 1.55. The first-order chi connectivity index (χ1) is 17.0. The molecule has 6 heteroatoms. The highest BCUT2D eigenvalue weighted by Gasteiger charge is 2.20. The number of fused-ring (bicyclic) bond motifs is 1. The largest absolute Gasteiger partial charge is 0.493 e. The number of carbonyl (C=O) groups is 2. The Morgan fingerprint density at radius 1 is 0.857 bits per heavy atom. The second-order valence-corrected chi connectivity index (χ2v) is 8.03. The predicted molar refractivity (Wildman–Crippen MR) is 139 cm³/mol. The van der Waals surface area contributed by atoms with Crippen LogP contribution >= 0.6 is 0 Å². The molecule has 0 saturated carbocycles. The lowest BCUT2D eigenvalue weighted by molar-refractivity contribution is -0.122. The molecule has 0 fully saturated rings. The molecule has 4 aromatic carbocycles. The molecular weight excluding hydrogens is 440 g/mol. The molecule has 0 heterocycles. The van der Waals surface area contributed by atoms with E-state index in [2.05, 4.69) is 5.32 Å². The van der Waals surface area contributed by atoms with Crippen LogP contribution in [-0.4, -0.2) is 31.6 Å². The molecule has 2 amide bonds. The maximum Gasteiger partial charge on any atom is 0.265 e. The fraction of sp³-hybridized carbons (Fsp3) is 0.172. The van der Waals surface area contributed by atoms with Crippen molar-refractivity contribution in [3.05, 3.63) is 96.6 Å². The zero-order valence-electron chi connectivity index (χ0n) is 20.0. The van der Waals surface area contributed by atoms with Crippen molar-refractivity contribution in [3.63, 3.8) is 0 Å². The van der Waals surface area contributed by atoms with Gasteiger partial charge < -0.3 is 19.7 Å². The van der Waals surface area contributed by atoms with Crippen molar-refractivity contribution in [1.29, 1.82) is 0 Å². The summed E-state index contributed by atoms with van der Waals surface area (Å²) in [5, 5.41) is 4.94. The van der Waals surface area contributed by atoms with E-state index in [1.165, 1.54) is 0 Å². The van der Waals surface area contributed by atoms with Gasteiger partial charge in [0.15, 0.2) is 17.6 Å². The Morgan fingerprint density at radius 3 is 2.23 bits per heavy atom. The lowest BCUT2D eigenvalue weighted by Gasteiger charge is -2.23. The highest BCUT2D eigenvalue weighted by Crippen LogP contribution is 2.29. The molecule has 1 N–H and O–H groups in total. The van der Waals surface area contributed by atoms with Crippen LogP contribution in [-0.2, 0) is 4.79 Å². The molecule has 0 aliphatic rings. The first-order valence-corrected chi connectivity index (χ1v) is 11.5. The first kappa shape index (κ1) is 23.8. The summed E-state index contributed by atoms with van der Waals surface area (Å²) in [6, 6.07) is 28.0. The number of anilines is 2. The van der Waals surface area contributed by atoms with Gasteiger partial charge in [0.1, 0.15) is 0 Å². The molecule has 0 spiro atoms. The van der Waals surface area contributed by atoms with Gasteiger partial charge >= 0.3 is 0 Å². The quantitative estimate of drug-likeness (QED) is 0.348. The number of methoxy groups -OCH3 is 1. The highest BCUT2D eigenvalue weighted by atomic mass is 16.5. The van der Waals surface area contributed by atoms with Crippen molar-refractivity contribution >= 4 is 34.0 Å². The third-order valence-electron chi connectivity index (χ3n) is 5.76. The highest BCUT2D eigenvalue weighted by molar-refractivity contribution is 6.11. The number of nitrogens with one attached hydrogen (secondary N) is 1. The van der Waals surface area contributed by atoms with Crippen LogP contribution in [0.25, 0.3) is 10.8 Å². The molecule has 0 aliphatic carbocycles. The van der Waals surface area contributed by atoms with E-state index in [4.69, 9.17) is 9.47 Å². The van der Waals surface area contributed by atoms with Crippen molar-refractivity contribution in [2.45, 2.75) is 20.0 Å². The maximum atomic E-state index is 13.3. The van der Waals surface area contributed by atoms with Crippen LogP contribution in [0, 0.1) is 0 Å². The van der Waals surface area contributed by atoms with Crippen LogP contribution in [0.15, 0.2) is 91.0 Å². The average molecular weight is 469 g/mol. The van der Waals surface area contributed by atoms with E-state index in [-0.39, 0.29) is 11.8 Å². The second-order valence-electron chi connectivity index (χ2n) is 8.03. The molecule has 4 rings (SSSR count). The van der Waals surface area contributed by atoms with E-state index >= 15 is 0 Å². The van der Waals surface area contributed by atoms with Crippen LogP contribution in [0.3, 0.4) is 0 Å². The number of benzene rings is 4. The average Bonchev–Trinajstić information content (AvgIpc) is 2.90. The van der Waals surface area contributed by atoms with Gasteiger partial charge in [0, 0.05) is 23.2 Å². The molecule has 0 aliphatic heterocycles. The smallest absolute Gasteiger partial charge is 0.265 e. The Kier molecular flexibility index (Phi) is 7.31. The van der Waals surface area contributed by atoms with Gasteiger partial charge in [-0.15, -0.1) is 0 Å². The van der Waals surface area contributed by atoms with Crippen LogP contribution in [0.1, 0.15) is 24.2 Å². The van der Waals surface area contributed by atoms with Crippen molar-refractivity contribution in [2.24, 2.45) is 0 Å². The SMILES string of the molecule is CCN(C(=O)c1ccc(NC(=O)C(C)Oc2ccccc2OC)cc1)c1cccc2ccccc12. The maximum absolute atomic E-state index is 13.3. The van der Waals surface area contributed by atoms with Crippen molar-refractivity contribution < 1.29 is 19.1 Å². The number of amides is 2. The number of ether oxygens (including phenoxy) is 2.